The van der Waals surface area contributed by atoms with Gasteiger partial charge in [-0.15, -0.1) is 0 Å². The van der Waals surface area contributed by atoms with Crippen molar-refractivity contribution in [1.82, 2.24) is 0 Å². The third kappa shape index (κ3) is 6.14. The molecule has 2 N–H and O–H groups in total. The lowest BCUT2D eigenvalue weighted by Crippen LogP contribution is -2.16. The van der Waals surface area contributed by atoms with Crippen LogP contribution in [-0.2, 0) is 14.3 Å². The van der Waals surface area contributed by atoms with Crippen molar-refractivity contribution in [1.29, 1.82) is 0 Å². The van der Waals surface area contributed by atoms with Gasteiger partial charge in [0.25, 0.3) is 0 Å². The maximum absolute atomic E-state index is 12.0. The second kappa shape index (κ2) is 9.96. The summed E-state index contributed by atoms with van der Waals surface area (Å²) in [6.45, 7) is 2.52. The molecule has 0 saturated heterocycles. The SMILES string of the molecule is CCOC(=O)c1ccc(NCCC(=O)Nc2ccc(C(=O)OC)cc2)cc1. The number of esters is 2. The molecule has 142 valence electrons. The van der Waals surface area contributed by atoms with Crippen LogP contribution < -0.4 is 10.6 Å². The van der Waals surface area contributed by atoms with E-state index in [9.17, 15) is 14.4 Å². The summed E-state index contributed by atoms with van der Waals surface area (Å²) in [6, 6.07) is 13.3. The molecule has 7 heteroatoms. The van der Waals surface area contributed by atoms with E-state index in [1.54, 1.807) is 55.5 Å². The van der Waals surface area contributed by atoms with E-state index in [-0.39, 0.29) is 18.3 Å². The Bertz CT molecular complexity index is 785. The third-order valence-electron chi connectivity index (χ3n) is 3.67. The minimum absolute atomic E-state index is 0.156. The Morgan fingerprint density at radius 2 is 1.41 bits per heavy atom. The predicted molar refractivity (Wildman–Crippen MR) is 102 cm³/mol. The van der Waals surface area contributed by atoms with Crippen LogP contribution >= 0.6 is 0 Å². The Morgan fingerprint density at radius 3 is 1.96 bits per heavy atom. The van der Waals surface area contributed by atoms with E-state index in [4.69, 9.17) is 4.74 Å². The summed E-state index contributed by atoms with van der Waals surface area (Å²) < 4.78 is 9.55. The van der Waals surface area contributed by atoms with E-state index in [1.807, 2.05) is 0 Å². The van der Waals surface area contributed by atoms with Gasteiger partial charge in [0.05, 0.1) is 24.8 Å². The summed E-state index contributed by atoms with van der Waals surface area (Å²) in [5.41, 5.74) is 2.31. The molecule has 2 aromatic rings. The van der Waals surface area contributed by atoms with Gasteiger partial charge in [-0.1, -0.05) is 0 Å². The van der Waals surface area contributed by atoms with Crippen LogP contribution in [0.3, 0.4) is 0 Å². The molecule has 0 aliphatic carbocycles. The molecule has 0 atom stereocenters. The van der Waals surface area contributed by atoms with E-state index in [0.29, 0.717) is 30.0 Å². The quantitative estimate of drug-likeness (QED) is 0.694. The molecular formula is C20H22N2O5. The zero-order valence-corrected chi connectivity index (χ0v) is 15.3. The van der Waals surface area contributed by atoms with Gasteiger partial charge in [-0.3, -0.25) is 4.79 Å². The summed E-state index contributed by atoms with van der Waals surface area (Å²) in [5.74, 6) is -0.941. The minimum atomic E-state index is -0.425. The number of amides is 1. The van der Waals surface area contributed by atoms with Crippen molar-refractivity contribution in [3.63, 3.8) is 0 Å². The number of rotatable bonds is 8. The topological polar surface area (TPSA) is 93.7 Å². The van der Waals surface area contributed by atoms with Gasteiger partial charge in [-0.2, -0.15) is 0 Å². The van der Waals surface area contributed by atoms with Crippen molar-refractivity contribution in [2.75, 3.05) is 30.9 Å². The fourth-order valence-corrected chi connectivity index (χ4v) is 2.29. The van der Waals surface area contributed by atoms with Gasteiger partial charge in [-0.25, -0.2) is 9.59 Å². The number of anilines is 2. The average Bonchev–Trinajstić information content (AvgIpc) is 2.68. The smallest absolute Gasteiger partial charge is 0.338 e. The van der Waals surface area contributed by atoms with Crippen LogP contribution in [0.1, 0.15) is 34.1 Å². The molecule has 0 spiro atoms. The molecule has 0 radical (unpaired) electrons. The van der Waals surface area contributed by atoms with Crippen molar-refractivity contribution in [2.45, 2.75) is 13.3 Å². The fourth-order valence-electron chi connectivity index (χ4n) is 2.29. The van der Waals surface area contributed by atoms with E-state index < -0.39 is 5.97 Å². The van der Waals surface area contributed by atoms with Crippen molar-refractivity contribution in [2.24, 2.45) is 0 Å². The number of carbonyl (C=O) groups is 3. The molecule has 0 saturated carbocycles. The molecule has 0 unspecified atom stereocenters. The summed E-state index contributed by atoms with van der Waals surface area (Å²) >= 11 is 0. The van der Waals surface area contributed by atoms with Gasteiger partial charge in [0.15, 0.2) is 0 Å². The van der Waals surface area contributed by atoms with Crippen LogP contribution in [0.4, 0.5) is 11.4 Å². The lowest BCUT2D eigenvalue weighted by Gasteiger charge is -2.09. The monoisotopic (exact) mass is 370 g/mol. The molecule has 27 heavy (non-hydrogen) atoms. The molecule has 1 amide bonds. The number of nitrogens with one attached hydrogen (secondary N) is 2. The highest BCUT2D eigenvalue weighted by Gasteiger charge is 2.07. The first kappa shape index (κ1) is 20.0. The van der Waals surface area contributed by atoms with Gasteiger partial charge in [0.2, 0.25) is 5.91 Å². The number of methoxy groups -OCH3 is 1. The summed E-state index contributed by atoms with van der Waals surface area (Å²) in [7, 11) is 1.31. The van der Waals surface area contributed by atoms with E-state index in [1.165, 1.54) is 7.11 Å². The maximum Gasteiger partial charge on any atom is 0.338 e. The number of hydrogen-bond acceptors (Lipinski definition) is 6. The molecule has 7 nitrogen and oxygen atoms in total. The zero-order chi connectivity index (χ0) is 19.6. The van der Waals surface area contributed by atoms with Gasteiger partial charge in [-0.05, 0) is 55.5 Å². The number of hydrogen-bond donors (Lipinski definition) is 2. The van der Waals surface area contributed by atoms with Crippen LogP contribution in [0.2, 0.25) is 0 Å². The number of ether oxygens (including phenoxy) is 2. The molecule has 0 aromatic heterocycles. The van der Waals surface area contributed by atoms with Crippen LogP contribution in [0.15, 0.2) is 48.5 Å². The van der Waals surface area contributed by atoms with Gasteiger partial charge in [0.1, 0.15) is 0 Å². The molecule has 0 aliphatic heterocycles. The molecule has 2 aromatic carbocycles. The third-order valence-corrected chi connectivity index (χ3v) is 3.67. The summed E-state index contributed by atoms with van der Waals surface area (Å²) in [5, 5.41) is 5.88. The first-order valence-corrected chi connectivity index (χ1v) is 8.52. The first-order valence-electron chi connectivity index (χ1n) is 8.52. The lowest BCUT2D eigenvalue weighted by atomic mass is 10.2. The molecule has 0 heterocycles. The minimum Gasteiger partial charge on any atom is -0.465 e. The van der Waals surface area contributed by atoms with Crippen molar-refractivity contribution in [3.05, 3.63) is 59.7 Å². The van der Waals surface area contributed by atoms with Crippen LogP contribution in [0, 0.1) is 0 Å². The standard InChI is InChI=1S/C20H22N2O5/c1-3-27-20(25)15-4-8-16(9-5-15)21-13-12-18(23)22-17-10-6-14(7-11-17)19(24)26-2/h4-11,21H,3,12-13H2,1-2H3,(H,22,23). The van der Waals surface area contributed by atoms with Crippen LogP contribution in [0.5, 0.6) is 0 Å². The van der Waals surface area contributed by atoms with Crippen molar-refractivity contribution >= 4 is 29.2 Å². The van der Waals surface area contributed by atoms with Gasteiger partial charge < -0.3 is 20.1 Å². The van der Waals surface area contributed by atoms with E-state index in [2.05, 4.69) is 15.4 Å². The Labute approximate surface area is 157 Å². The second-order valence-electron chi connectivity index (χ2n) is 5.59. The second-order valence-corrected chi connectivity index (χ2v) is 5.59. The predicted octanol–water partition coefficient (Wildman–Crippen LogP) is 3.09. The highest BCUT2D eigenvalue weighted by molar-refractivity contribution is 5.93. The Morgan fingerprint density at radius 1 is 0.852 bits per heavy atom. The highest BCUT2D eigenvalue weighted by Crippen LogP contribution is 2.12. The molecule has 0 aliphatic rings. The van der Waals surface area contributed by atoms with E-state index in [0.717, 1.165) is 5.69 Å². The zero-order valence-electron chi connectivity index (χ0n) is 15.3. The Kier molecular flexibility index (Phi) is 7.37. The average molecular weight is 370 g/mol. The molecule has 0 bridgehead atoms. The van der Waals surface area contributed by atoms with Crippen LogP contribution in [0.25, 0.3) is 0 Å². The van der Waals surface area contributed by atoms with Gasteiger partial charge >= 0.3 is 11.9 Å². The largest absolute Gasteiger partial charge is 0.465 e. The van der Waals surface area contributed by atoms with Crippen molar-refractivity contribution < 1.29 is 23.9 Å². The van der Waals surface area contributed by atoms with Crippen molar-refractivity contribution in [3.8, 4) is 0 Å². The molecule has 2 rings (SSSR count). The highest BCUT2D eigenvalue weighted by atomic mass is 16.5. The summed E-state index contributed by atoms with van der Waals surface area (Å²) in [4.78, 5) is 34.9. The maximum atomic E-state index is 12.0. The van der Waals surface area contributed by atoms with Crippen LogP contribution in [-0.4, -0.2) is 38.1 Å². The van der Waals surface area contributed by atoms with E-state index >= 15 is 0 Å². The lowest BCUT2D eigenvalue weighted by molar-refractivity contribution is -0.115. The first-order chi connectivity index (χ1) is 13.0. The molecular weight excluding hydrogens is 348 g/mol. The normalized spacial score (nSPS) is 10.0. The Hall–Kier alpha value is -3.35. The fraction of sp³-hybridized carbons (Fsp3) is 0.250. The van der Waals surface area contributed by atoms with Gasteiger partial charge in [0, 0.05) is 24.3 Å². The Balaban J connectivity index is 1.77. The molecule has 0 fully saturated rings. The number of benzene rings is 2. The summed E-state index contributed by atoms with van der Waals surface area (Å²) in [6.07, 6.45) is 0.262. The number of carbonyl (C=O) groups excluding carboxylic acids is 3.